The molecule has 6 heteroatoms. The number of hydrogen-bond acceptors (Lipinski definition) is 5. The van der Waals surface area contributed by atoms with Crippen LogP contribution >= 0.6 is 0 Å². The van der Waals surface area contributed by atoms with Crippen LogP contribution in [0.3, 0.4) is 0 Å². The maximum Gasteiger partial charge on any atom is 1.00 e. The summed E-state index contributed by atoms with van der Waals surface area (Å²) in [5, 5.41) is 19.8. The summed E-state index contributed by atoms with van der Waals surface area (Å²) < 4.78 is 4.61. The van der Waals surface area contributed by atoms with Crippen LogP contribution in [0.15, 0.2) is 0 Å². The molecule has 1 unspecified atom stereocenters. The van der Waals surface area contributed by atoms with E-state index in [0.29, 0.717) is 6.42 Å². The maximum absolute atomic E-state index is 11.5. The molecule has 0 N–H and O–H groups in total. The number of nitrogens with zero attached hydrogens (tertiary/aromatic N) is 1. The zero-order valence-corrected chi connectivity index (χ0v) is 13.9. The van der Waals surface area contributed by atoms with Crippen molar-refractivity contribution in [3.63, 3.8) is 0 Å². The van der Waals surface area contributed by atoms with Gasteiger partial charge in [0.2, 0.25) is 0 Å². The van der Waals surface area contributed by atoms with E-state index in [2.05, 4.69) is 4.74 Å². The van der Waals surface area contributed by atoms with E-state index < -0.39 is 17.4 Å². The zero-order chi connectivity index (χ0) is 12.8. The Bertz CT molecular complexity index is 311. The van der Waals surface area contributed by atoms with Crippen LogP contribution in [-0.2, 0) is 14.3 Å². The molecule has 5 nitrogen and oxygen atoms in total. The number of carboxylic acids is 1. The quantitative estimate of drug-likeness (QED) is 0.295. The Labute approximate surface area is 144 Å². The topological polar surface area (TPSA) is 90.2 Å². The van der Waals surface area contributed by atoms with E-state index in [-0.39, 0.29) is 70.3 Å². The molecule has 0 aromatic carbocycles. The van der Waals surface area contributed by atoms with E-state index in [9.17, 15) is 14.7 Å². The number of esters is 1. The third kappa shape index (κ3) is 5.49. The standard InChI is InChI=1S/C11H17NO4.K/c1-4-16-10(15)11(7-12,9(13)14)6-5-8(2)3;/h8H,4-6H2,1-3H3,(H,13,14);/q;+1/p-1. The van der Waals surface area contributed by atoms with Gasteiger partial charge >= 0.3 is 57.4 Å². The Hall–Kier alpha value is 0.0664. The van der Waals surface area contributed by atoms with Crippen molar-refractivity contribution in [1.29, 1.82) is 5.26 Å². The van der Waals surface area contributed by atoms with Gasteiger partial charge in [0, 0.05) is 0 Å². The van der Waals surface area contributed by atoms with Crippen molar-refractivity contribution in [2.24, 2.45) is 11.3 Å². The van der Waals surface area contributed by atoms with Crippen molar-refractivity contribution in [1.82, 2.24) is 0 Å². The number of aliphatic carboxylic acids is 1. The van der Waals surface area contributed by atoms with Crippen LogP contribution in [0.25, 0.3) is 0 Å². The van der Waals surface area contributed by atoms with Gasteiger partial charge < -0.3 is 14.6 Å². The molecule has 0 spiro atoms. The molecule has 0 aromatic rings. The molecule has 0 aliphatic heterocycles. The minimum atomic E-state index is -2.17. The molecular formula is C11H16KNO4. The fourth-order valence-electron chi connectivity index (χ4n) is 1.19. The van der Waals surface area contributed by atoms with Gasteiger partial charge in [0.25, 0.3) is 0 Å². The summed E-state index contributed by atoms with van der Waals surface area (Å²) in [4.78, 5) is 22.4. The molecule has 0 fully saturated rings. The fraction of sp³-hybridized carbons (Fsp3) is 0.727. The molecule has 1 atom stereocenters. The van der Waals surface area contributed by atoms with Gasteiger partial charge in [-0.1, -0.05) is 13.8 Å². The van der Waals surface area contributed by atoms with Crippen molar-refractivity contribution >= 4 is 11.9 Å². The fourth-order valence-corrected chi connectivity index (χ4v) is 1.19. The van der Waals surface area contributed by atoms with Crippen LogP contribution in [0.2, 0.25) is 0 Å². The van der Waals surface area contributed by atoms with Crippen molar-refractivity contribution in [3.05, 3.63) is 0 Å². The first-order valence-electron chi connectivity index (χ1n) is 5.20. The summed E-state index contributed by atoms with van der Waals surface area (Å²) in [5.74, 6) is -2.52. The van der Waals surface area contributed by atoms with Gasteiger partial charge in [-0.25, -0.2) is 4.79 Å². The van der Waals surface area contributed by atoms with Crippen molar-refractivity contribution in [3.8, 4) is 6.07 Å². The third-order valence-corrected chi connectivity index (χ3v) is 2.26. The van der Waals surface area contributed by atoms with Gasteiger partial charge in [-0.3, -0.25) is 0 Å². The monoisotopic (exact) mass is 265 g/mol. The minimum absolute atomic E-state index is 0. The Kier molecular flexibility index (Phi) is 10.3. The first-order chi connectivity index (χ1) is 7.40. The Morgan fingerprint density at radius 1 is 1.47 bits per heavy atom. The molecule has 17 heavy (non-hydrogen) atoms. The molecule has 0 aliphatic rings. The predicted molar refractivity (Wildman–Crippen MR) is 53.8 cm³/mol. The predicted octanol–water partition coefficient (Wildman–Crippen LogP) is -2.75. The molecular weight excluding hydrogens is 249 g/mol. The van der Waals surface area contributed by atoms with Crippen LogP contribution in [0.1, 0.15) is 33.6 Å². The van der Waals surface area contributed by atoms with Crippen molar-refractivity contribution < 1.29 is 70.8 Å². The van der Waals surface area contributed by atoms with Crippen LogP contribution in [-0.4, -0.2) is 18.5 Å². The van der Waals surface area contributed by atoms with Crippen LogP contribution in [0.4, 0.5) is 0 Å². The van der Waals surface area contributed by atoms with Gasteiger partial charge in [-0.15, -0.1) is 0 Å². The van der Waals surface area contributed by atoms with Crippen LogP contribution in [0, 0.1) is 22.7 Å². The molecule has 0 bridgehead atoms. The largest absolute Gasteiger partial charge is 1.00 e. The normalized spacial score (nSPS) is 13.1. The molecule has 90 valence electrons. The number of hydrogen-bond donors (Lipinski definition) is 0. The van der Waals surface area contributed by atoms with Crippen LogP contribution < -0.4 is 56.5 Å². The van der Waals surface area contributed by atoms with E-state index in [1.54, 1.807) is 6.92 Å². The summed E-state index contributed by atoms with van der Waals surface area (Å²) in [7, 11) is 0. The smallest absolute Gasteiger partial charge is 0.548 e. The average molecular weight is 265 g/mol. The van der Waals surface area contributed by atoms with Gasteiger partial charge in [-0.05, 0) is 25.7 Å². The van der Waals surface area contributed by atoms with E-state index in [4.69, 9.17) is 5.26 Å². The second kappa shape index (κ2) is 9.06. The molecule has 0 saturated heterocycles. The number of carbonyl (C=O) groups excluding carboxylic acids is 2. The van der Waals surface area contributed by atoms with E-state index in [1.807, 2.05) is 13.8 Å². The number of carbonyl (C=O) groups is 2. The van der Waals surface area contributed by atoms with E-state index >= 15 is 0 Å². The first kappa shape index (κ1) is 19.4. The number of nitriles is 1. The molecule has 0 heterocycles. The molecule has 0 radical (unpaired) electrons. The molecule has 0 rings (SSSR count). The summed E-state index contributed by atoms with van der Waals surface area (Å²) in [6, 6.07) is 1.52. The first-order valence-corrected chi connectivity index (χ1v) is 5.20. The number of carboxylic acid groups (broad SMARTS) is 1. The number of ether oxygens (including phenoxy) is 1. The van der Waals surface area contributed by atoms with Crippen molar-refractivity contribution in [2.75, 3.05) is 6.61 Å². The molecule has 0 saturated carbocycles. The summed E-state index contributed by atoms with van der Waals surface area (Å²) in [6.45, 7) is 5.35. The second-order valence-corrected chi connectivity index (χ2v) is 3.96. The van der Waals surface area contributed by atoms with E-state index in [0.717, 1.165) is 0 Å². The van der Waals surface area contributed by atoms with Crippen molar-refractivity contribution in [2.45, 2.75) is 33.6 Å². The van der Waals surface area contributed by atoms with Gasteiger partial charge in [0.05, 0.1) is 18.6 Å². The van der Waals surface area contributed by atoms with E-state index in [1.165, 1.54) is 6.07 Å². The SMILES string of the molecule is CCOC(=O)C(C#N)(CCC(C)C)C(=O)[O-].[K+]. The maximum atomic E-state index is 11.5. The summed E-state index contributed by atoms with van der Waals surface area (Å²) >= 11 is 0. The Morgan fingerprint density at radius 3 is 2.29 bits per heavy atom. The van der Waals surface area contributed by atoms with Crippen LogP contribution in [0.5, 0.6) is 0 Å². The molecule has 0 aromatic heterocycles. The molecule has 0 aliphatic carbocycles. The third-order valence-electron chi connectivity index (χ3n) is 2.26. The Morgan fingerprint density at radius 2 is 2.00 bits per heavy atom. The second-order valence-electron chi connectivity index (χ2n) is 3.96. The summed E-state index contributed by atoms with van der Waals surface area (Å²) in [5.41, 5.74) is -2.17. The van der Waals surface area contributed by atoms with Gasteiger partial charge in [-0.2, -0.15) is 5.26 Å². The van der Waals surface area contributed by atoms with Gasteiger partial charge in [0.1, 0.15) is 0 Å². The molecule has 0 amide bonds. The zero-order valence-electron chi connectivity index (χ0n) is 10.8. The minimum Gasteiger partial charge on any atom is -0.548 e. The average Bonchev–Trinajstić information content (AvgIpc) is 2.18. The van der Waals surface area contributed by atoms with Gasteiger partial charge in [0.15, 0.2) is 5.41 Å². The number of rotatable bonds is 6. The Balaban J connectivity index is 0. The summed E-state index contributed by atoms with van der Waals surface area (Å²) in [6.07, 6.45) is 0.364.